The Hall–Kier alpha value is 0.0900. The molecule has 90 valence electrons. The molecular formula is C10H13Br2NO2S. The maximum absolute atomic E-state index is 11.9. The van der Waals surface area contributed by atoms with Crippen molar-refractivity contribution in [2.24, 2.45) is 5.92 Å². The first-order valence-corrected chi connectivity index (χ1v) is 7.22. The Kier molecular flexibility index (Phi) is 5.43. The minimum atomic E-state index is -0.210. The van der Waals surface area contributed by atoms with Gasteiger partial charge in [0.15, 0.2) is 0 Å². The monoisotopic (exact) mass is 369 g/mol. The van der Waals surface area contributed by atoms with E-state index in [0.29, 0.717) is 5.56 Å². The van der Waals surface area contributed by atoms with Gasteiger partial charge in [-0.15, -0.1) is 11.3 Å². The molecule has 1 heterocycles. The van der Waals surface area contributed by atoms with Gasteiger partial charge in [0.25, 0.3) is 5.91 Å². The Morgan fingerprint density at radius 2 is 2.19 bits per heavy atom. The minimum absolute atomic E-state index is 0.0493. The number of thiophene rings is 1. The maximum atomic E-state index is 11.9. The van der Waals surface area contributed by atoms with Crippen molar-refractivity contribution in [1.29, 1.82) is 0 Å². The van der Waals surface area contributed by atoms with Crippen LogP contribution >= 0.6 is 43.2 Å². The Labute approximate surface area is 116 Å². The molecule has 0 aliphatic carbocycles. The van der Waals surface area contributed by atoms with Crippen molar-refractivity contribution in [2.75, 3.05) is 6.61 Å². The lowest BCUT2D eigenvalue weighted by atomic mass is 10.1. The van der Waals surface area contributed by atoms with E-state index in [0.717, 1.165) is 7.57 Å². The highest BCUT2D eigenvalue weighted by atomic mass is 79.9. The van der Waals surface area contributed by atoms with Crippen molar-refractivity contribution in [1.82, 2.24) is 5.32 Å². The van der Waals surface area contributed by atoms with Gasteiger partial charge < -0.3 is 10.4 Å². The molecule has 0 bridgehead atoms. The molecule has 0 radical (unpaired) electrons. The van der Waals surface area contributed by atoms with Crippen LogP contribution in [0, 0.1) is 5.92 Å². The first-order chi connectivity index (χ1) is 7.45. The summed E-state index contributed by atoms with van der Waals surface area (Å²) in [4.78, 5) is 11.9. The van der Waals surface area contributed by atoms with Crippen molar-refractivity contribution in [2.45, 2.75) is 19.9 Å². The molecule has 1 unspecified atom stereocenters. The standard InChI is InChI=1S/C10H13Br2NO2S/c1-5(2)7(4-14)13-10(15)6-3-8(11)16-9(6)12/h3,5,7,14H,4H2,1-2H3,(H,13,15). The largest absolute Gasteiger partial charge is 0.394 e. The van der Waals surface area contributed by atoms with E-state index in [1.807, 2.05) is 13.8 Å². The quantitative estimate of drug-likeness (QED) is 0.855. The van der Waals surface area contributed by atoms with Crippen LogP contribution in [0.2, 0.25) is 0 Å². The average molecular weight is 371 g/mol. The topological polar surface area (TPSA) is 49.3 Å². The van der Waals surface area contributed by atoms with Gasteiger partial charge >= 0.3 is 0 Å². The number of rotatable bonds is 4. The Balaban J connectivity index is 2.75. The Morgan fingerprint density at radius 1 is 1.56 bits per heavy atom. The molecule has 1 amide bonds. The van der Waals surface area contributed by atoms with Gasteiger partial charge in [-0.25, -0.2) is 0 Å². The molecule has 1 aromatic heterocycles. The summed E-state index contributed by atoms with van der Waals surface area (Å²) >= 11 is 8.11. The summed E-state index contributed by atoms with van der Waals surface area (Å²) in [6.45, 7) is 3.87. The van der Waals surface area contributed by atoms with Crippen molar-refractivity contribution in [3.8, 4) is 0 Å². The summed E-state index contributed by atoms with van der Waals surface area (Å²) in [5, 5.41) is 11.9. The molecule has 1 atom stereocenters. The molecule has 0 aliphatic rings. The average Bonchev–Trinajstić information content (AvgIpc) is 2.53. The highest BCUT2D eigenvalue weighted by Crippen LogP contribution is 2.31. The number of carbonyl (C=O) groups is 1. The number of hydrogen-bond acceptors (Lipinski definition) is 3. The van der Waals surface area contributed by atoms with Gasteiger partial charge in [-0.3, -0.25) is 4.79 Å². The highest BCUT2D eigenvalue weighted by molar-refractivity contribution is 9.12. The molecule has 0 spiro atoms. The van der Waals surface area contributed by atoms with E-state index in [2.05, 4.69) is 37.2 Å². The van der Waals surface area contributed by atoms with Crippen LogP contribution in [0.1, 0.15) is 24.2 Å². The predicted molar refractivity (Wildman–Crippen MR) is 72.9 cm³/mol. The van der Waals surface area contributed by atoms with Crippen LogP contribution in [0.15, 0.2) is 13.6 Å². The van der Waals surface area contributed by atoms with Crippen molar-refractivity contribution < 1.29 is 9.90 Å². The van der Waals surface area contributed by atoms with Crippen LogP contribution in [0.25, 0.3) is 0 Å². The van der Waals surface area contributed by atoms with Crippen LogP contribution in [-0.4, -0.2) is 23.7 Å². The summed E-state index contributed by atoms with van der Waals surface area (Å²) in [6.07, 6.45) is 0. The van der Waals surface area contributed by atoms with Gasteiger partial charge in [-0.05, 0) is 43.8 Å². The summed E-state index contributed by atoms with van der Waals surface area (Å²) in [5.41, 5.74) is 0.593. The second-order valence-electron chi connectivity index (χ2n) is 3.74. The van der Waals surface area contributed by atoms with Crippen molar-refractivity contribution >= 4 is 49.1 Å². The highest BCUT2D eigenvalue weighted by Gasteiger charge is 2.19. The fourth-order valence-electron chi connectivity index (χ4n) is 1.16. The summed E-state index contributed by atoms with van der Waals surface area (Å²) in [7, 11) is 0. The second kappa shape index (κ2) is 6.14. The number of halogens is 2. The number of aliphatic hydroxyl groups is 1. The Morgan fingerprint density at radius 3 is 2.56 bits per heavy atom. The normalized spacial score (nSPS) is 12.9. The van der Waals surface area contributed by atoms with Crippen LogP contribution in [0.5, 0.6) is 0 Å². The van der Waals surface area contributed by atoms with Crippen molar-refractivity contribution in [3.63, 3.8) is 0 Å². The lowest BCUT2D eigenvalue weighted by molar-refractivity contribution is 0.0896. The molecule has 16 heavy (non-hydrogen) atoms. The molecule has 1 aromatic rings. The molecule has 6 heteroatoms. The SMILES string of the molecule is CC(C)C(CO)NC(=O)c1cc(Br)sc1Br. The first kappa shape index (κ1) is 14.2. The zero-order valence-corrected chi connectivity index (χ0v) is 12.9. The third-order valence-corrected chi connectivity index (χ3v) is 4.56. The van der Waals surface area contributed by atoms with Gasteiger partial charge in [0, 0.05) is 0 Å². The lowest BCUT2D eigenvalue weighted by Gasteiger charge is -2.19. The molecule has 0 saturated carbocycles. The second-order valence-corrected chi connectivity index (χ2v) is 7.49. The van der Waals surface area contributed by atoms with E-state index in [-0.39, 0.29) is 24.5 Å². The van der Waals surface area contributed by atoms with E-state index in [4.69, 9.17) is 5.11 Å². The number of amides is 1. The van der Waals surface area contributed by atoms with Gasteiger partial charge in [0.1, 0.15) is 0 Å². The predicted octanol–water partition coefficient (Wildman–Crippen LogP) is 3.02. The van der Waals surface area contributed by atoms with Crippen LogP contribution in [0.3, 0.4) is 0 Å². The molecule has 2 N–H and O–H groups in total. The van der Waals surface area contributed by atoms with Crippen molar-refractivity contribution in [3.05, 3.63) is 19.2 Å². The minimum Gasteiger partial charge on any atom is -0.394 e. The number of hydrogen-bond donors (Lipinski definition) is 2. The molecule has 3 nitrogen and oxygen atoms in total. The molecule has 0 saturated heterocycles. The fourth-order valence-corrected chi connectivity index (χ4v) is 3.96. The maximum Gasteiger partial charge on any atom is 0.253 e. The van der Waals surface area contributed by atoms with E-state index >= 15 is 0 Å². The number of nitrogens with one attached hydrogen (secondary N) is 1. The van der Waals surface area contributed by atoms with Gasteiger partial charge in [-0.2, -0.15) is 0 Å². The fraction of sp³-hybridized carbons (Fsp3) is 0.500. The third kappa shape index (κ3) is 3.55. The van der Waals surface area contributed by atoms with Gasteiger partial charge in [-0.1, -0.05) is 13.8 Å². The zero-order valence-electron chi connectivity index (χ0n) is 8.96. The third-order valence-electron chi connectivity index (χ3n) is 2.22. The van der Waals surface area contributed by atoms with E-state index < -0.39 is 0 Å². The van der Waals surface area contributed by atoms with Gasteiger partial charge in [0.05, 0.1) is 25.8 Å². The van der Waals surface area contributed by atoms with E-state index in [9.17, 15) is 4.79 Å². The molecule has 0 fully saturated rings. The Bertz CT molecular complexity index is 379. The number of aliphatic hydroxyl groups excluding tert-OH is 1. The molecule has 0 aliphatic heterocycles. The molecular weight excluding hydrogens is 358 g/mol. The molecule has 1 rings (SSSR count). The number of carbonyl (C=O) groups excluding carboxylic acids is 1. The van der Waals surface area contributed by atoms with Crippen LogP contribution in [-0.2, 0) is 0 Å². The van der Waals surface area contributed by atoms with Crippen LogP contribution < -0.4 is 5.32 Å². The van der Waals surface area contributed by atoms with E-state index in [1.165, 1.54) is 11.3 Å². The van der Waals surface area contributed by atoms with E-state index in [1.54, 1.807) is 6.07 Å². The van der Waals surface area contributed by atoms with Gasteiger partial charge in [0.2, 0.25) is 0 Å². The summed E-state index contributed by atoms with van der Waals surface area (Å²) in [5.74, 6) is 0.0383. The zero-order chi connectivity index (χ0) is 12.3. The summed E-state index contributed by atoms with van der Waals surface area (Å²) in [6, 6.07) is 1.55. The smallest absolute Gasteiger partial charge is 0.253 e. The molecule has 0 aromatic carbocycles. The van der Waals surface area contributed by atoms with Crippen LogP contribution in [0.4, 0.5) is 0 Å². The summed E-state index contributed by atoms with van der Waals surface area (Å²) < 4.78 is 1.69. The first-order valence-electron chi connectivity index (χ1n) is 4.82. The lowest BCUT2D eigenvalue weighted by Crippen LogP contribution is -2.41.